The number of nitrogen functional groups attached to an aromatic ring is 2. The van der Waals surface area contributed by atoms with E-state index >= 15 is 0 Å². The largest absolute Gasteiger partial charge is 0.462 e. The van der Waals surface area contributed by atoms with Crippen LogP contribution < -0.4 is 16.2 Å². The number of carbonyl (C=O) groups excluding carboxylic acids is 2. The minimum absolute atomic E-state index is 0.00735. The maximum Gasteiger partial charge on any atom is 0.330 e. The zero-order valence-electron chi connectivity index (χ0n) is 21.6. The molecule has 1 fully saturated rings. The van der Waals surface area contributed by atoms with Crippen LogP contribution >= 0.6 is 0 Å². The van der Waals surface area contributed by atoms with E-state index in [1.54, 1.807) is 24.3 Å². The molecule has 0 amide bonds. The van der Waals surface area contributed by atoms with E-state index in [0.29, 0.717) is 17.1 Å². The van der Waals surface area contributed by atoms with Gasteiger partial charge in [-0.3, -0.25) is 4.79 Å². The van der Waals surface area contributed by atoms with Gasteiger partial charge in [-0.2, -0.15) is 0 Å². The lowest BCUT2D eigenvalue weighted by Gasteiger charge is -2.26. The van der Waals surface area contributed by atoms with Gasteiger partial charge in [0.1, 0.15) is 5.75 Å². The first kappa shape index (κ1) is 27.3. The van der Waals surface area contributed by atoms with Crippen molar-refractivity contribution in [3.05, 3.63) is 59.7 Å². The molecule has 0 radical (unpaired) electrons. The summed E-state index contributed by atoms with van der Waals surface area (Å²) >= 11 is 0. The van der Waals surface area contributed by atoms with E-state index < -0.39 is 5.97 Å². The predicted molar refractivity (Wildman–Crippen MR) is 145 cm³/mol. The summed E-state index contributed by atoms with van der Waals surface area (Å²) in [4.78, 5) is 24.8. The molecule has 0 saturated heterocycles. The number of rotatable bonds is 11. The van der Waals surface area contributed by atoms with Crippen molar-refractivity contribution in [3.63, 3.8) is 0 Å². The molecule has 6 nitrogen and oxygen atoms in total. The Morgan fingerprint density at radius 3 is 2.28 bits per heavy atom. The van der Waals surface area contributed by atoms with E-state index in [0.717, 1.165) is 62.0 Å². The highest BCUT2D eigenvalue weighted by molar-refractivity contribution is 5.87. The van der Waals surface area contributed by atoms with Crippen LogP contribution in [0.3, 0.4) is 0 Å². The molecule has 1 saturated carbocycles. The fraction of sp³-hybridized carbons (Fsp3) is 0.467. The second-order valence-corrected chi connectivity index (χ2v) is 9.85. The zero-order valence-corrected chi connectivity index (χ0v) is 21.6. The van der Waals surface area contributed by atoms with E-state index in [1.807, 2.05) is 24.3 Å². The highest BCUT2D eigenvalue weighted by Gasteiger charge is 2.27. The Morgan fingerprint density at radius 2 is 1.67 bits per heavy atom. The molecule has 0 aromatic heterocycles. The van der Waals surface area contributed by atoms with Crippen LogP contribution in [-0.4, -0.2) is 18.5 Å². The van der Waals surface area contributed by atoms with E-state index in [1.165, 1.54) is 12.5 Å². The Bertz CT molecular complexity index is 1000. The van der Waals surface area contributed by atoms with Crippen LogP contribution in [-0.2, 0) is 14.3 Å². The standard InChI is InChI=1S/C30H40N2O4/c1-3-5-6-24(25-17-26(31)19-27(32)18-25)20-35-29(33)16-11-22-9-14-28(15-10-22)36-30(34)23-12-7-21(4-2)8-13-23/h9-11,14-19,21,23-24H,3-8,12-13,20,31-32H2,1-2H3/b16-11+. The van der Waals surface area contributed by atoms with Gasteiger partial charge in [0.05, 0.1) is 12.5 Å². The molecule has 6 heteroatoms. The monoisotopic (exact) mass is 492 g/mol. The third-order valence-electron chi connectivity index (χ3n) is 7.07. The number of ether oxygens (including phenoxy) is 2. The Morgan fingerprint density at radius 1 is 1.00 bits per heavy atom. The van der Waals surface area contributed by atoms with Gasteiger partial charge in [-0.1, -0.05) is 45.2 Å². The molecular weight excluding hydrogens is 452 g/mol. The van der Waals surface area contributed by atoms with E-state index in [4.69, 9.17) is 20.9 Å². The molecule has 2 aromatic carbocycles. The van der Waals surface area contributed by atoms with Crippen molar-refractivity contribution in [1.29, 1.82) is 0 Å². The van der Waals surface area contributed by atoms with Gasteiger partial charge in [0.2, 0.25) is 0 Å². The van der Waals surface area contributed by atoms with E-state index in [-0.39, 0.29) is 24.4 Å². The molecule has 0 aliphatic heterocycles. The topological polar surface area (TPSA) is 105 Å². The Kier molecular flexibility index (Phi) is 10.4. The Hall–Kier alpha value is -3.28. The van der Waals surface area contributed by atoms with E-state index in [9.17, 15) is 9.59 Å². The number of benzene rings is 2. The van der Waals surface area contributed by atoms with Crippen molar-refractivity contribution in [2.24, 2.45) is 11.8 Å². The summed E-state index contributed by atoms with van der Waals surface area (Å²) in [7, 11) is 0. The van der Waals surface area contributed by atoms with Gasteiger partial charge in [-0.05, 0) is 85.6 Å². The van der Waals surface area contributed by atoms with Crippen LogP contribution in [0.5, 0.6) is 5.75 Å². The number of nitrogens with two attached hydrogens (primary N) is 2. The van der Waals surface area contributed by atoms with Crippen molar-refractivity contribution >= 4 is 29.4 Å². The van der Waals surface area contributed by atoms with Gasteiger partial charge in [-0.15, -0.1) is 0 Å². The number of unbranched alkanes of at least 4 members (excludes halogenated alkanes) is 1. The van der Waals surface area contributed by atoms with Crippen molar-refractivity contribution < 1.29 is 19.1 Å². The number of esters is 2. The van der Waals surface area contributed by atoms with Gasteiger partial charge in [-0.25, -0.2) is 4.79 Å². The minimum Gasteiger partial charge on any atom is -0.462 e. The summed E-state index contributed by atoms with van der Waals surface area (Å²) < 4.78 is 11.1. The second kappa shape index (κ2) is 13.7. The molecule has 0 heterocycles. The van der Waals surface area contributed by atoms with Crippen LogP contribution in [0.25, 0.3) is 6.08 Å². The van der Waals surface area contributed by atoms with Crippen LogP contribution in [0.1, 0.15) is 82.3 Å². The zero-order chi connectivity index (χ0) is 25.9. The maximum atomic E-state index is 12.5. The highest BCUT2D eigenvalue weighted by atomic mass is 16.5. The summed E-state index contributed by atoms with van der Waals surface area (Å²) in [6.07, 6.45) is 11.3. The van der Waals surface area contributed by atoms with Crippen LogP contribution in [0.15, 0.2) is 48.5 Å². The van der Waals surface area contributed by atoms with Gasteiger partial charge in [0.25, 0.3) is 0 Å². The van der Waals surface area contributed by atoms with Crippen molar-refractivity contribution in [2.75, 3.05) is 18.1 Å². The molecule has 1 unspecified atom stereocenters. The first-order valence-corrected chi connectivity index (χ1v) is 13.2. The summed E-state index contributed by atoms with van der Waals surface area (Å²) in [6, 6.07) is 12.7. The third-order valence-corrected chi connectivity index (χ3v) is 7.07. The van der Waals surface area contributed by atoms with E-state index in [2.05, 4.69) is 13.8 Å². The molecule has 1 aliphatic carbocycles. The highest BCUT2D eigenvalue weighted by Crippen LogP contribution is 2.32. The predicted octanol–water partition coefficient (Wildman–Crippen LogP) is 6.50. The average molecular weight is 493 g/mol. The third kappa shape index (κ3) is 8.43. The number of hydrogen-bond donors (Lipinski definition) is 2. The van der Waals surface area contributed by atoms with Gasteiger partial charge in [0.15, 0.2) is 0 Å². The molecule has 36 heavy (non-hydrogen) atoms. The Labute approximate surface area is 215 Å². The molecule has 194 valence electrons. The summed E-state index contributed by atoms with van der Waals surface area (Å²) in [5, 5.41) is 0. The molecule has 2 aromatic rings. The summed E-state index contributed by atoms with van der Waals surface area (Å²) in [5.74, 6) is 0.746. The van der Waals surface area contributed by atoms with Gasteiger partial charge >= 0.3 is 11.9 Å². The van der Waals surface area contributed by atoms with Gasteiger partial charge < -0.3 is 20.9 Å². The fourth-order valence-electron chi connectivity index (χ4n) is 4.78. The van der Waals surface area contributed by atoms with Crippen molar-refractivity contribution in [3.8, 4) is 5.75 Å². The number of carbonyl (C=O) groups is 2. The van der Waals surface area contributed by atoms with Crippen LogP contribution in [0.2, 0.25) is 0 Å². The fourth-order valence-corrected chi connectivity index (χ4v) is 4.78. The van der Waals surface area contributed by atoms with Crippen LogP contribution in [0.4, 0.5) is 11.4 Å². The summed E-state index contributed by atoms with van der Waals surface area (Å²) in [5.41, 5.74) is 14.9. The van der Waals surface area contributed by atoms with Crippen molar-refractivity contribution in [2.45, 2.75) is 71.1 Å². The number of anilines is 2. The first-order valence-electron chi connectivity index (χ1n) is 13.2. The molecule has 3 rings (SSSR count). The lowest BCUT2D eigenvalue weighted by molar-refractivity contribution is -0.140. The molecule has 1 atom stereocenters. The minimum atomic E-state index is -0.411. The Balaban J connectivity index is 1.50. The first-order chi connectivity index (χ1) is 17.4. The average Bonchev–Trinajstić information content (AvgIpc) is 2.87. The molecule has 1 aliphatic rings. The van der Waals surface area contributed by atoms with Gasteiger partial charge in [0, 0.05) is 23.4 Å². The van der Waals surface area contributed by atoms with Crippen molar-refractivity contribution in [1.82, 2.24) is 0 Å². The summed E-state index contributed by atoms with van der Waals surface area (Å²) in [6.45, 7) is 4.60. The number of hydrogen-bond acceptors (Lipinski definition) is 6. The molecule has 0 bridgehead atoms. The lowest BCUT2D eigenvalue weighted by Crippen LogP contribution is -2.25. The smallest absolute Gasteiger partial charge is 0.330 e. The second-order valence-electron chi connectivity index (χ2n) is 9.85. The molecule has 0 spiro atoms. The quantitative estimate of drug-likeness (QED) is 0.160. The molecular formula is C30H40N2O4. The molecule has 4 N–H and O–H groups in total. The maximum absolute atomic E-state index is 12.5. The normalized spacial score (nSPS) is 18.6. The van der Waals surface area contributed by atoms with Crippen LogP contribution in [0, 0.1) is 11.8 Å². The lowest BCUT2D eigenvalue weighted by atomic mass is 9.81. The SMILES string of the molecule is CCCCC(COC(=O)/C=C/c1ccc(OC(=O)C2CCC(CC)CC2)cc1)c1cc(N)cc(N)c1.